The Morgan fingerprint density at radius 3 is 2.81 bits per heavy atom. The van der Waals surface area contributed by atoms with Gasteiger partial charge in [0.05, 0.1) is 10.2 Å². The Hall–Kier alpha value is -1.46. The second-order valence-electron chi connectivity index (χ2n) is 6.18. The van der Waals surface area contributed by atoms with E-state index < -0.39 is 0 Å². The maximum Gasteiger partial charge on any atom is 0.217 e. The number of thiazole rings is 1. The van der Waals surface area contributed by atoms with Gasteiger partial charge in [-0.25, -0.2) is 0 Å². The topological polar surface area (TPSA) is 42.2 Å². The molecule has 110 valence electrons. The first-order valence-corrected chi connectivity index (χ1v) is 8.54. The van der Waals surface area contributed by atoms with Crippen LogP contribution in [-0.4, -0.2) is 27.7 Å². The lowest BCUT2D eigenvalue weighted by molar-refractivity contribution is 0.443. The Balaban J connectivity index is 1.87. The Morgan fingerprint density at radius 2 is 2.05 bits per heavy atom. The van der Waals surface area contributed by atoms with Crippen molar-refractivity contribution in [3.8, 4) is 0 Å². The van der Waals surface area contributed by atoms with Crippen LogP contribution in [0.3, 0.4) is 0 Å². The van der Waals surface area contributed by atoms with Gasteiger partial charge in [-0.05, 0) is 49.5 Å². The molecule has 1 saturated heterocycles. The van der Waals surface area contributed by atoms with Gasteiger partial charge in [0.1, 0.15) is 5.82 Å². The molecule has 0 atom stereocenters. The minimum Gasteiger partial charge on any atom is -0.317 e. The summed E-state index contributed by atoms with van der Waals surface area (Å²) in [5.74, 6) is 2.24. The number of hydrogen-bond acceptors (Lipinski definition) is 4. The molecule has 1 aliphatic rings. The average molecular weight is 300 g/mol. The van der Waals surface area contributed by atoms with Gasteiger partial charge < -0.3 is 5.32 Å². The number of benzene rings is 1. The minimum atomic E-state index is 0.531. The highest BCUT2D eigenvalue weighted by Crippen LogP contribution is 2.33. The third-order valence-corrected chi connectivity index (χ3v) is 5.45. The summed E-state index contributed by atoms with van der Waals surface area (Å²) in [5, 5.41) is 12.3. The molecule has 3 heterocycles. The molecule has 1 N–H and O–H groups in total. The third-order valence-electron chi connectivity index (χ3n) is 4.46. The molecular formula is C16H20N4S. The predicted molar refractivity (Wildman–Crippen MR) is 87.3 cm³/mol. The summed E-state index contributed by atoms with van der Waals surface area (Å²) in [6.07, 6.45) is 2.31. The van der Waals surface area contributed by atoms with Gasteiger partial charge in [-0.15, -0.1) is 10.2 Å². The van der Waals surface area contributed by atoms with Crippen molar-refractivity contribution in [2.24, 2.45) is 0 Å². The second kappa shape index (κ2) is 5.07. The van der Waals surface area contributed by atoms with Gasteiger partial charge in [0.2, 0.25) is 4.96 Å². The molecule has 5 heteroatoms. The predicted octanol–water partition coefficient (Wildman–Crippen LogP) is 3.53. The summed E-state index contributed by atoms with van der Waals surface area (Å²) in [5.41, 5.74) is 2.65. The summed E-state index contributed by atoms with van der Waals surface area (Å²) in [6.45, 7) is 6.64. The van der Waals surface area contributed by atoms with Crippen LogP contribution in [-0.2, 0) is 0 Å². The zero-order valence-electron chi connectivity index (χ0n) is 12.5. The van der Waals surface area contributed by atoms with E-state index in [0.29, 0.717) is 11.8 Å². The van der Waals surface area contributed by atoms with Gasteiger partial charge in [-0.3, -0.25) is 4.40 Å². The highest BCUT2D eigenvalue weighted by Gasteiger charge is 2.22. The van der Waals surface area contributed by atoms with E-state index >= 15 is 0 Å². The molecule has 4 rings (SSSR count). The summed E-state index contributed by atoms with van der Waals surface area (Å²) in [4.78, 5) is 1.03. The van der Waals surface area contributed by atoms with Crippen LogP contribution in [0.4, 0.5) is 0 Å². The Labute approximate surface area is 128 Å². The number of hydrogen-bond donors (Lipinski definition) is 1. The highest BCUT2D eigenvalue weighted by atomic mass is 32.1. The molecule has 1 aliphatic heterocycles. The fourth-order valence-electron chi connectivity index (χ4n) is 3.17. The zero-order chi connectivity index (χ0) is 14.4. The first-order chi connectivity index (χ1) is 10.2. The van der Waals surface area contributed by atoms with E-state index in [4.69, 9.17) is 0 Å². The van der Waals surface area contributed by atoms with Gasteiger partial charge in [-0.2, -0.15) is 0 Å². The third kappa shape index (κ3) is 2.15. The number of fused-ring (bicyclic) bond motifs is 3. The van der Waals surface area contributed by atoms with Crippen molar-refractivity contribution in [2.75, 3.05) is 13.1 Å². The number of nitrogens with one attached hydrogen (secondary N) is 1. The van der Waals surface area contributed by atoms with Gasteiger partial charge in [0.25, 0.3) is 0 Å². The molecule has 0 amide bonds. The largest absolute Gasteiger partial charge is 0.317 e. The van der Waals surface area contributed by atoms with Crippen LogP contribution >= 0.6 is 11.3 Å². The maximum atomic E-state index is 4.48. The molecule has 0 spiro atoms. The van der Waals surface area contributed by atoms with Crippen molar-refractivity contribution in [3.05, 3.63) is 29.6 Å². The van der Waals surface area contributed by atoms with Crippen LogP contribution in [0, 0.1) is 0 Å². The van der Waals surface area contributed by atoms with Crippen LogP contribution in [0.1, 0.15) is 49.9 Å². The van der Waals surface area contributed by atoms with Crippen LogP contribution in [0.2, 0.25) is 0 Å². The number of nitrogens with zero attached hydrogens (tertiary/aromatic N) is 3. The van der Waals surface area contributed by atoms with Crippen molar-refractivity contribution in [2.45, 2.75) is 38.5 Å². The van der Waals surface area contributed by atoms with E-state index in [1.165, 1.54) is 15.8 Å². The molecule has 0 radical (unpaired) electrons. The van der Waals surface area contributed by atoms with Crippen molar-refractivity contribution < 1.29 is 0 Å². The normalized spacial score (nSPS) is 17.3. The van der Waals surface area contributed by atoms with Gasteiger partial charge in [-0.1, -0.05) is 31.3 Å². The van der Waals surface area contributed by atoms with E-state index in [1.807, 2.05) is 0 Å². The molecule has 1 aromatic carbocycles. The average Bonchev–Trinajstić information content (AvgIpc) is 3.06. The van der Waals surface area contributed by atoms with E-state index in [2.05, 4.69) is 52.0 Å². The van der Waals surface area contributed by atoms with E-state index in [-0.39, 0.29) is 0 Å². The minimum absolute atomic E-state index is 0.531. The number of rotatable bonds is 2. The molecule has 2 aromatic heterocycles. The zero-order valence-corrected chi connectivity index (χ0v) is 13.3. The molecule has 21 heavy (non-hydrogen) atoms. The molecule has 0 aliphatic carbocycles. The summed E-state index contributed by atoms with van der Waals surface area (Å²) >= 11 is 1.75. The lowest BCUT2D eigenvalue weighted by Gasteiger charge is -2.20. The van der Waals surface area contributed by atoms with Crippen LogP contribution in [0.5, 0.6) is 0 Å². The maximum absolute atomic E-state index is 4.48. The lowest BCUT2D eigenvalue weighted by atomic mass is 9.97. The number of aromatic nitrogens is 3. The van der Waals surface area contributed by atoms with Crippen LogP contribution < -0.4 is 5.32 Å². The van der Waals surface area contributed by atoms with E-state index in [1.54, 1.807) is 11.3 Å². The molecule has 0 unspecified atom stereocenters. The fraction of sp³-hybridized carbons (Fsp3) is 0.500. The molecule has 0 bridgehead atoms. The van der Waals surface area contributed by atoms with E-state index in [0.717, 1.165) is 36.7 Å². The molecule has 3 aromatic rings. The summed E-state index contributed by atoms with van der Waals surface area (Å²) in [6, 6.07) is 6.79. The molecule has 4 nitrogen and oxygen atoms in total. The summed E-state index contributed by atoms with van der Waals surface area (Å²) < 4.78 is 3.60. The first kappa shape index (κ1) is 13.2. The van der Waals surface area contributed by atoms with Crippen molar-refractivity contribution in [1.82, 2.24) is 19.9 Å². The molecule has 1 fully saturated rings. The lowest BCUT2D eigenvalue weighted by Crippen LogP contribution is -2.27. The van der Waals surface area contributed by atoms with Crippen LogP contribution in [0.15, 0.2) is 18.2 Å². The van der Waals surface area contributed by atoms with Gasteiger partial charge in [0, 0.05) is 5.92 Å². The first-order valence-electron chi connectivity index (χ1n) is 7.72. The fourth-order valence-corrected chi connectivity index (χ4v) is 4.19. The molecule has 0 saturated carbocycles. The SMILES string of the molecule is CC(C)c1ccc2c(c1)sc1nnc(C3CCNCC3)n12. The van der Waals surface area contributed by atoms with Crippen molar-refractivity contribution in [1.29, 1.82) is 0 Å². The Kier molecular flexibility index (Phi) is 3.19. The van der Waals surface area contributed by atoms with Crippen molar-refractivity contribution in [3.63, 3.8) is 0 Å². The van der Waals surface area contributed by atoms with E-state index in [9.17, 15) is 0 Å². The van der Waals surface area contributed by atoms with Crippen molar-refractivity contribution >= 4 is 26.5 Å². The number of piperidine rings is 1. The standard InChI is InChI=1S/C16H20N4S/c1-10(2)12-3-4-13-14(9-12)21-16-19-18-15(20(13)16)11-5-7-17-8-6-11/h3-4,9-11,17H,5-8H2,1-2H3. The smallest absolute Gasteiger partial charge is 0.217 e. The quantitative estimate of drug-likeness (QED) is 0.787. The Morgan fingerprint density at radius 1 is 1.24 bits per heavy atom. The monoisotopic (exact) mass is 300 g/mol. The highest BCUT2D eigenvalue weighted by molar-refractivity contribution is 7.23. The molecular weight excluding hydrogens is 280 g/mol. The second-order valence-corrected chi connectivity index (χ2v) is 7.19. The van der Waals surface area contributed by atoms with Gasteiger partial charge in [0.15, 0.2) is 0 Å². The summed E-state index contributed by atoms with van der Waals surface area (Å²) in [7, 11) is 0. The van der Waals surface area contributed by atoms with Gasteiger partial charge >= 0.3 is 0 Å². The van der Waals surface area contributed by atoms with Crippen LogP contribution in [0.25, 0.3) is 15.2 Å². The Bertz CT molecular complexity index is 780.